The number of benzene rings is 1. The van der Waals surface area contributed by atoms with Crippen LogP contribution in [0.4, 0.5) is 0 Å². The Hall–Kier alpha value is -2.61. The average molecular weight is 280 g/mol. The van der Waals surface area contributed by atoms with Crippen LogP contribution in [-0.2, 0) is 4.79 Å². The maximum absolute atomic E-state index is 11.7. The molecule has 0 aliphatic heterocycles. The Morgan fingerprint density at radius 3 is 2.33 bits per heavy atom. The molecule has 0 amide bonds. The lowest BCUT2D eigenvalue weighted by Gasteiger charge is -1.93. The van der Waals surface area contributed by atoms with Crippen LogP contribution in [0.5, 0.6) is 0 Å². The Kier molecular flexibility index (Phi) is 7.30. The monoisotopic (exact) mass is 280 g/mol. The van der Waals surface area contributed by atoms with Crippen LogP contribution >= 0.6 is 0 Å². The van der Waals surface area contributed by atoms with E-state index in [2.05, 4.69) is 0 Å². The SMILES string of the molecule is C\C=C/C(/C=C/C(O)=C/C(=O)/C=C/c1ccccc1)=C\C. The third-order valence-electron chi connectivity index (χ3n) is 2.67. The summed E-state index contributed by atoms with van der Waals surface area (Å²) in [5.41, 5.74) is 1.91. The maximum atomic E-state index is 11.7. The van der Waals surface area contributed by atoms with Crippen molar-refractivity contribution in [2.75, 3.05) is 0 Å². The van der Waals surface area contributed by atoms with Gasteiger partial charge in [0.2, 0.25) is 0 Å². The summed E-state index contributed by atoms with van der Waals surface area (Å²) in [5, 5.41) is 9.70. The van der Waals surface area contributed by atoms with Crippen LogP contribution in [-0.4, -0.2) is 10.9 Å². The molecule has 0 radical (unpaired) electrons. The quantitative estimate of drug-likeness (QED) is 0.462. The molecule has 0 aliphatic carbocycles. The van der Waals surface area contributed by atoms with Crippen molar-refractivity contribution in [2.45, 2.75) is 13.8 Å². The molecule has 1 aromatic rings. The van der Waals surface area contributed by atoms with Gasteiger partial charge >= 0.3 is 0 Å². The van der Waals surface area contributed by atoms with Crippen LogP contribution in [0, 0.1) is 0 Å². The minimum absolute atomic E-state index is 0.0680. The second kappa shape index (κ2) is 9.32. The van der Waals surface area contributed by atoms with Gasteiger partial charge < -0.3 is 5.11 Å². The van der Waals surface area contributed by atoms with Gasteiger partial charge in [-0.15, -0.1) is 0 Å². The summed E-state index contributed by atoms with van der Waals surface area (Å²) in [6.45, 7) is 3.83. The van der Waals surface area contributed by atoms with E-state index in [1.807, 2.05) is 62.4 Å². The van der Waals surface area contributed by atoms with Crippen LogP contribution < -0.4 is 0 Å². The summed E-state index contributed by atoms with van der Waals surface area (Å²) in [4.78, 5) is 11.7. The number of aliphatic hydroxyl groups is 1. The van der Waals surface area contributed by atoms with E-state index in [1.165, 1.54) is 18.2 Å². The van der Waals surface area contributed by atoms with E-state index in [0.717, 1.165) is 11.1 Å². The van der Waals surface area contributed by atoms with Crippen LogP contribution in [0.15, 0.2) is 84.2 Å². The molecule has 21 heavy (non-hydrogen) atoms. The fourth-order valence-electron chi connectivity index (χ4n) is 1.61. The van der Waals surface area contributed by atoms with Crippen LogP contribution in [0.2, 0.25) is 0 Å². The lowest BCUT2D eigenvalue weighted by molar-refractivity contribution is -0.110. The van der Waals surface area contributed by atoms with Gasteiger partial charge in [-0.2, -0.15) is 0 Å². The highest BCUT2D eigenvalue weighted by Gasteiger charge is 1.94. The van der Waals surface area contributed by atoms with Crippen molar-refractivity contribution in [3.63, 3.8) is 0 Å². The summed E-state index contributed by atoms with van der Waals surface area (Å²) in [7, 11) is 0. The first-order chi connectivity index (χ1) is 10.2. The highest BCUT2D eigenvalue weighted by Crippen LogP contribution is 2.04. The molecule has 0 saturated heterocycles. The highest BCUT2D eigenvalue weighted by atomic mass is 16.3. The Morgan fingerprint density at radius 2 is 1.71 bits per heavy atom. The molecule has 2 nitrogen and oxygen atoms in total. The van der Waals surface area contributed by atoms with Gasteiger partial charge in [-0.25, -0.2) is 0 Å². The topological polar surface area (TPSA) is 37.3 Å². The minimum Gasteiger partial charge on any atom is -0.508 e. The zero-order valence-corrected chi connectivity index (χ0v) is 12.4. The lowest BCUT2D eigenvalue weighted by Crippen LogP contribution is -1.88. The second-order valence-corrected chi connectivity index (χ2v) is 4.34. The molecule has 0 fully saturated rings. The number of hydrogen-bond acceptors (Lipinski definition) is 2. The van der Waals surface area contributed by atoms with Gasteiger partial charge in [-0.1, -0.05) is 60.7 Å². The summed E-state index contributed by atoms with van der Waals surface area (Å²) >= 11 is 0. The van der Waals surface area contributed by atoms with Gasteiger partial charge in [-0.3, -0.25) is 4.79 Å². The summed E-state index contributed by atoms with van der Waals surface area (Å²) in [6.07, 6.45) is 13.3. The molecule has 0 atom stereocenters. The molecule has 0 aromatic heterocycles. The smallest absolute Gasteiger partial charge is 0.182 e. The summed E-state index contributed by atoms with van der Waals surface area (Å²) < 4.78 is 0. The van der Waals surface area contributed by atoms with Crippen molar-refractivity contribution < 1.29 is 9.90 Å². The largest absolute Gasteiger partial charge is 0.508 e. The Morgan fingerprint density at radius 1 is 1.00 bits per heavy atom. The minimum atomic E-state index is -0.255. The predicted octanol–water partition coefficient (Wildman–Crippen LogP) is 4.79. The van der Waals surface area contributed by atoms with Gasteiger partial charge in [0.05, 0.1) is 0 Å². The van der Waals surface area contributed by atoms with Gasteiger partial charge in [0.25, 0.3) is 0 Å². The molecular formula is C19H20O2. The van der Waals surface area contributed by atoms with Crippen LogP contribution in [0.25, 0.3) is 6.08 Å². The number of carbonyl (C=O) groups is 1. The molecule has 0 saturated carbocycles. The lowest BCUT2D eigenvalue weighted by atomic mass is 10.2. The molecular weight excluding hydrogens is 260 g/mol. The zero-order valence-electron chi connectivity index (χ0n) is 12.4. The molecule has 0 bridgehead atoms. The normalized spacial score (nSPS) is 13.6. The zero-order chi connectivity index (χ0) is 15.5. The number of hydrogen-bond donors (Lipinski definition) is 1. The fourth-order valence-corrected chi connectivity index (χ4v) is 1.61. The molecule has 0 spiro atoms. The van der Waals surface area contributed by atoms with Crippen molar-refractivity contribution >= 4 is 11.9 Å². The predicted molar refractivity (Wildman–Crippen MR) is 88.9 cm³/mol. The van der Waals surface area contributed by atoms with Crippen LogP contribution in [0.1, 0.15) is 19.4 Å². The first-order valence-electron chi connectivity index (χ1n) is 6.80. The van der Waals surface area contributed by atoms with E-state index in [4.69, 9.17) is 0 Å². The summed E-state index contributed by atoms with van der Waals surface area (Å²) in [6, 6.07) is 9.53. The summed E-state index contributed by atoms with van der Waals surface area (Å²) in [5.74, 6) is -0.323. The standard InChI is InChI=1S/C19H20O2/c1-3-8-16(4-2)11-13-18(20)15-19(21)14-12-17-9-6-5-7-10-17/h3-15,20H,1-2H3/b8-3-,13-11+,14-12+,16-4+,18-15-. The number of aliphatic hydroxyl groups excluding tert-OH is 1. The average Bonchev–Trinajstić information content (AvgIpc) is 2.50. The third kappa shape index (κ3) is 6.92. The van der Waals surface area contributed by atoms with Crippen molar-refractivity contribution in [3.05, 3.63) is 89.8 Å². The first kappa shape index (κ1) is 16.4. The van der Waals surface area contributed by atoms with Crippen molar-refractivity contribution in [1.29, 1.82) is 0 Å². The van der Waals surface area contributed by atoms with E-state index >= 15 is 0 Å². The van der Waals surface area contributed by atoms with E-state index in [0.29, 0.717) is 0 Å². The van der Waals surface area contributed by atoms with Crippen molar-refractivity contribution in [3.8, 4) is 0 Å². The Bertz CT molecular complexity index is 600. The van der Waals surface area contributed by atoms with E-state index in [-0.39, 0.29) is 11.5 Å². The van der Waals surface area contributed by atoms with Gasteiger partial charge in [0.1, 0.15) is 5.76 Å². The molecule has 1 aromatic carbocycles. The number of allylic oxidation sites excluding steroid dienone is 8. The Balaban J connectivity index is 2.67. The number of carbonyl (C=O) groups excluding carboxylic acids is 1. The Labute approximate surface area is 126 Å². The number of rotatable bonds is 6. The van der Waals surface area contributed by atoms with Gasteiger partial charge in [0.15, 0.2) is 5.78 Å². The van der Waals surface area contributed by atoms with E-state index in [1.54, 1.807) is 12.2 Å². The number of ketones is 1. The molecule has 1 N–H and O–H groups in total. The van der Waals surface area contributed by atoms with Gasteiger partial charge in [-0.05, 0) is 37.1 Å². The molecule has 0 aliphatic rings. The first-order valence-corrected chi connectivity index (χ1v) is 6.80. The van der Waals surface area contributed by atoms with Crippen LogP contribution in [0.3, 0.4) is 0 Å². The fraction of sp³-hybridized carbons (Fsp3) is 0.105. The molecule has 1 rings (SSSR count). The maximum Gasteiger partial charge on any atom is 0.182 e. The molecule has 108 valence electrons. The van der Waals surface area contributed by atoms with E-state index < -0.39 is 0 Å². The molecule has 0 heterocycles. The highest BCUT2D eigenvalue weighted by molar-refractivity contribution is 6.02. The molecule has 2 heteroatoms. The van der Waals surface area contributed by atoms with Gasteiger partial charge in [0, 0.05) is 6.08 Å². The molecule has 0 unspecified atom stereocenters. The van der Waals surface area contributed by atoms with Crippen molar-refractivity contribution in [2.24, 2.45) is 0 Å². The van der Waals surface area contributed by atoms with E-state index in [9.17, 15) is 9.90 Å². The second-order valence-electron chi connectivity index (χ2n) is 4.34. The van der Waals surface area contributed by atoms with Crippen molar-refractivity contribution in [1.82, 2.24) is 0 Å². The third-order valence-corrected chi connectivity index (χ3v) is 2.67.